The average Bonchev–Trinajstić information content (AvgIpc) is 2.51. The SMILES string of the molecule is CC(C#N)CN(C)c1nc(Cl)cs1. The second-order valence-electron chi connectivity index (χ2n) is 2.86. The molecule has 0 radical (unpaired) electrons. The highest BCUT2D eigenvalue weighted by Gasteiger charge is 2.09. The molecule has 0 aliphatic heterocycles. The first-order valence-electron chi connectivity index (χ1n) is 3.85. The molecule has 0 aliphatic rings. The molecular weight excluding hydrogens is 206 g/mol. The van der Waals surface area contributed by atoms with Gasteiger partial charge in [0.25, 0.3) is 0 Å². The van der Waals surface area contributed by atoms with Crippen molar-refractivity contribution in [1.82, 2.24) is 4.98 Å². The van der Waals surface area contributed by atoms with Crippen molar-refractivity contribution in [2.45, 2.75) is 6.92 Å². The Kier molecular flexibility index (Phi) is 3.52. The summed E-state index contributed by atoms with van der Waals surface area (Å²) in [5.74, 6) is 0.00711. The van der Waals surface area contributed by atoms with Gasteiger partial charge < -0.3 is 4.90 Å². The van der Waals surface area contributed by atoms with Crippen molar-refractivity contribution in [2.75, 3.05) is 18.5 Å². The number of hydrogen-bond acceptors (Lipinski definition) is 4. The Morgan fingerprint density at radius 2 is 2.54 bits per heavy atom. The summed E-state index contributed by atoms with van der Waals surface area (Å²) < 4.78 is 0. The first-order chi connectivity index (χ1) is 6.13. The Balaban J connectivity index is 2.59. The van der Waals surface area contributed by atoms with Gasteiger partial charge in [0.2, 0.25) is 0 Å². The summed E-state index contributed by atoms with van der Waals surface area (Å²) in [6, 6.07) is 2.17. The number of halogens is 1. The van der Waals surface area contributed by atoms with E-state index in [0.29, 0.717) is 11.7 Å². The molecule has 0 aromatic carbocycles. The van der Waals surface area contributed by atoms with Crippen LogP contribution in [-0.4, -0.2) is 18.6 Å². The first-order valence-corrected chi connectivity index (χ1v) is 5.11. The van der Waals surface area contributed by atoms with E-state index in [9.17, 15) is 0 Å². The van der Waals surface area contributed by atoms with E-state index >= 15 is 0 Å². The van der Waals surface area contributed by atoms with Crippen LogP contribution in [0.4, 0.5) is 5.13 Å². The monoisotopic (exact) mass is 215 g/mol. The smallest absolute Gasteiger partial charge is 0.186 e. The minimum Gasteiger partial charge on any atom is -0.350 e. The lowest BCUT2D eigenvalue weighted by molar-refractivity contribution is 0.715. The summed E-state index contributed by atoms with van der Waals surface area (Å²) in [6.45, 7) is 2.56. The largest absolute Gasteiger partial charge is 0.350 e. The molecule has 0 amide bonds. The van der Waals surface area contributed by atoms with Crippen LogP contribution in [0.2, 0.25) is 5.15 Å². The van der Waals surface area contributed by atoms with E-state index in [2.05, 4.69) is 11.1 Å². The van der Waals surface area contributed by atoms with Gasteiger partial charge in [-0.15, -0.1) is 11.3 Å². The van der Waals surface area contributed by atoms with Gasteiger partial charge in [-0.25, -0.2) is 4.98 Å². The number of nitrogens with zero attached hydrogens (tertiary/aromatic N) is 3. The Hall–Kier alpha value is -0.790. The highest BCUT2D eigenvalue weighted by Crippen LogP contribution is 2.22. The normalized spacial score (nSPS) is 12.2. The summed E-state index contributed by atoms with van der Waals surface area (Å²) in [6.07, 6.45) is 0. The van der Waals surface area contributed by atoms with Crippen molar-refractivity contribution in [3.05, 3.63) is 10.5 Å². The number of nitriles is 1. The highest BCUT2D eigenvalue weighted by atomic mass is 35.5. The molecule has 1 unspecified atom stereocenters. The molecule has 70 valence electrons. The van der Waals surface area contributed by atoms with E-state index < -0.39 is 0 Å². The Morgan fingerprint density at radius 1 is 1.85 bits per heavy atom. The predicted molar refractivity (Wildman–Crippen MR) is 55.2 cm³/mol. The average molecular weight is 216 g/mol. The van der Waals surface area contributed by atoms with Gasteiger partial charge in [0, 0.05) is 19.0 Å². The van der Waals surface area contributed by atoms with Crippen molar-refractivity contribution < 1.29 is 0 Å². The summed E-state index contributed by atoms with van der Waals surface area (Å²) in [7, 11) is 1.91. The number of aromatic nitrogens is 1. The molecule has 0 fully saturated rings. The van der Waals surface area contributed by atoms with Crippen LogP contribution in [0.15, 0.2) is 5.38 Å². The molecule has 13 heavy (non-hydrogen) atoms. The highest BCUT2D eigenvalue weighted by molar-refractivity contribution is 7.14. The van der Waals surface area contributed by atoms with Gasteiger partial charge in [0.15, 0.2) is 5.13 Å². The standard InChI is InChI=1S/C8H10ClN3S/c1-6(3-10)4-12(2)8-11-7(9)5-13-8/h5-6H,4H2,1-2H3. The third kappa shape index (κ3) is 2.87. The molecule has 1 aromatic rings. The summed E-state index contributed by atoms with van der Waals surface area (Å²) in [4.78, 5) is 6.03. The topological polar surface area (TPSA) is 39.9 Å². The number of anilines is 1. The summed E-state index contributed by atoms with van der Waals surface area (Å²) in [5, 5.41) is 11.8. The molecule has 3 nitrogen and oxygen atoms in total. The lowest BCUT2D eigenvalue weighted by Crippen LogP contribution is -2.22. The predicted octanol–water partition coefficient (Wildman–Crippen LogP) is 2.39. The molecule has 0 saturated carbocycles. The van der Waals surface area contributed by atoms with Gasteiger partial charge in [-0.3, -0.25) is 0 Å². The van der Waals surface area contributed by atoms with Crippen molar-refractivity contribution in [3.63, 3.8) is 0 Å². The van der Waals surface area contributed by atoms with E-state index in [0.717, 1.165) is 5.13 Å². The van der Waals surface area contributed by atoms with Gasteiger partial charge >= 0.3 is 0 Å². The van der Waals surface area contributed by atoms with Crippen LogP contribution >= 0.6 is 22.9 Å². The molecule has 0 bridgehead atoms. The first kappa shape index (κ1) is 10.3. The Labute approximate surface area is 86.6 Å². The molecule has 0 saturated heterocycles. The van der Waals surface area contributed by atoms with Gasteiger partial charge in [-0.1, -0.05) is 11.6 Å². The van der Waals surface area contributed by atoms with E-state index in [1.54, 1.807) is 5.38 Å². The van der Waals surface area contributed by atoms with Crippen LogP contribution in [0.5, 0.6) is 0 Å². The van der Waals surface area contributed by atoms with Crippen LogP contribution in [0, 0.1) is 17.2 Å². The second kappa shape index (κ2) is 4.45. The van der Waals surface area contributed by atoms with Gasteiger partial charge in [-0.05, 0) is 6.92 Å². The minimum absolute atomic E-state index is 0.00711. The fourth-order valence-electron chi connectivity index (χ4n) is 0.950. The van der Waals surface area contributed by atoms with Crippen molar-refractivity contribution in [3.8, 4) is 6.07 Å². The molecule has 5 heteroatoms. The van der Waals surface area contributed by atoms with Crippen LogP contribution in [0.25, 0.3) is 0 Å². The molecule has 1 aromatic heterocycles. The van der Waals surface area contributed by atoms with E-state index in [1.807, 2.05) is 18.9 Å². The van der Waals surface area contributed by atoms with Gasteiger partial charge in [0.05, 0.1) is 12.0 Å². The molecular formula is C8H10ClN3S. The molecule has 0 spiro atoms. The lowest BCUT2D eigenvalue weighted by atomic mass is 10.2. The summed E-state index contributed by atoms with van der Waals surface area (Å²) in [5.41, 5.74) is 0. The fourth-order valence-corrected chi connectivity index (χ4v) is 1.88. The maximum atomic E-state index is 8.62. The number of rotatable bonds is 3. The maximum Gasteiger partial charge on any atom is 0.186 e. The van der Waals surface area contributed by atoms with Crippen molar-refractivity contribution >= 4 is 28.1 Å². The molecule has 0 aliphatic carbocycles. The zero-order valence-electron chi connectivity index (χ0n) is 7.49. The van der Waals surface area contributed by atoms with Crippen molar-refractivity contribution in [1.29, 1.82) is 5.26 Å². The molecule has 1 heterocycles. The quantitative estimate of drug-likeness (QED) is 0.778. The third-order valence-corrected chi connectivity index (χ3v) is 2.84. The van der Waals surface area contributed by atoms with E-state index in [1.165, 1.54) is 11.3 Å². The number of thiazole rings is 1. The van der Waals surface area contributed by atoms with E-state index in [4.69, 9.17) is 16.9 Å². The van der Waals surface area contributed by atoms with Crippen LogP contribution < -0.4 is 4.90 Å². The maximum absolute atomic E-state index is 8.62. The minimum atomic E-state index is 0.00711. The molecule has 0 N–H and O–H groups in total. The third-order valence-electron chi connectivity index (χ3n) is 1.56. The van der Waals surface area contributed by atoms with Crippen LogP contribution in [-0.2, 0) is 0 Å². The zero-order chi connectivity index (χ0) is 9.84. The lowest BCUT2D eigenvalue weighted by Gasteiger charge is -2.16. The summed E-state index contributed by atoms with van der Waals surface area (Å²) >= 11 is 7.17. The fraction of sp³-hybridized carbons (Fsp3) is 0.500. The number of hydrogen-bond donors (Lipinski definition) is 0. The van der Waals surface area contributed by atoms with Gasteiger partial charge in [-0.2, -0.15) is 5.26 Å². The molecule has 1 atom stereocenters. The molecule has 1 rings (SSSR count). The second-order valence-corrected chi connectivity index (χ2v) is 4.09. The Morgan fingerprint density at radius 3 is 3.00 bits per heavy atom. The van der Waals surface area contributed by atoms with E-state index in [-0.39, 0.29) is 5.92 Å². The zero-order valence-corrected chi connectivity index (χ0v) is 9.06. The van der Waals surface area contributed by atoms with Gasteiger partial charge in [0.1, 0.15) is 5.15 Å². The van der Waals surface area contributed by atoms with Crippen LogP contribution in [0.3, 0.4) is 0 Å². The van der Waals surface area contributed by atoms with Crippen molar-refractivity contribution in [2.24, 2.45) is 5.92 Å². The Bertz CT molecular complexity index is 317. The van der Waals surface area contributed by atoms with Crippen LogP contribution in [0.1, 0.15) is 6.92 Å².